The SMILES string of the molecule is NC(=O)C1(C(Cc2ccccc2)NC(=O)c2cccnc2-n2ccc(-c3ccc(-n4ccnc4)cc3)n2)OCCO1. The predicted octanol–water partition coefficient (Wildman–Crippen LogP) is 2.69. The van der Waals surface area contributed by atoms with Gasteiger partial charge in [0.25, 0.3) is 17.6 Å². The van der Waals surface area contributed by atoms with Gasteiger partial charge in [0.1, 0.15) is 0 Å². The zero-order chi connectivity index (χ0) is 28.2. The van der Waals surface area contributed by atoms with Gasteiger partial charge in [0.2, 0.25) is 0 Å². The lowest BCUT2D eigenvalue weighted by Crippen LogP contribution is -2.61. The lowest BCUT2D eigenvalue weighted by atomic mass is 9.97. The Morgan fingerprint density at radius 1 is 0.951 bits per heavy atom. The van der Waals surface area contributed by atoms with Crippen LogP contribution in [0.1, 0.15) is 15.9 Å². The molecule has 6 rings (SSSR count). The molecular formula is C30H27N7O4. The van der Waals surface area contributed by atoms with Crippen molar-refractivity contribution in [2.75, 3.05) is 13.2 Å². The zero-order valence-corrected chi connectivity index (χ0v) is 22.0. The van der Waals surface area contributed by atoms with Crippen LogP contribution in [-0.2, 0) is 20.7 Å². The lowest BCUT2D eigenvalue weighted by Gasteiger charge is -2.33. The molecule has 3 aromatic heterocycles. The predicted molar refractivity (Wildman–Crippen MR) is 149 cm³/mol. The summed E-state index contributed by atoms with van der Waals surface area (Å²) < 4.78 is 14.9. The van der Waals surface area contributed by atoms with Crippen LogP contribution in [0.5, 0.6) is 0 Å². The van der Waals surface area contributed by atoms with Crippen LogP contribution in [0.15, 0.2) is 104 Å². The molecule has 2 aromatic carbocycles. The van der Waals surface area contributed by atoms with Crippen molar-refractivity contribution >= 4 is 11.8 Å². The van der Waals surface area contributed by atoms with Crippen LogP contribution in [0.25, 0.3) is 22.8 Å². The maximum absolute atomic E-state index is 13.7. The van der Waals surface area contributed by atoms with Crippen molar-refractivity contribution < 1.29 is 19.1 Å². The molecule has 1 aliphatic heterocycles. The third-order valence-electron chi connectivity index (χ3n) is 6.91. The fourth-order valence-electron chi connectivity index (χ4n) is 4.88. The lowest BCUT2D eigenvalue weighted by molar-refractivity contribution is -0.189. The summed E-state index contributed by atoms with van der Waals surface area (Å²) >= 11 is 0. The second-order valence-electron chi connectivity index (χ2n) is 9.48. The number of ether oxygens (including phenoxy) is 2. The van der Waals surface area contributed by atoms with Gasteiger partial charge in [-0.1, -0.05) is 42.5 Å². The van der Waals surface area contributed by atoms with Gasteiger partial charge < -0.3 is 25.1 Å². The second kappa shape index (κ2) is 11.2. The summed E-state index contributed by atoms with van der Waals surface area (Å²) in [6.45, 7) is 0.364. The number of nitrogens with two attached hydrogens (primary N) is 1. The molecule has 1 aliphatic rings. The van der Waals surface area contributed by atoms with Crippen molar-refractivity contribution in [1.82, 2.24) is 29.6 Å². The van der Waals surface area contributed by atoms with E-state index in [2.05, 4.69) is 20.4 Å². The number of amides is 2. The molecule has 1 fully saturated rings. The molecule has 0 aliphatic carbocycles. The standard InChI is InChI=1S/C30H27N7O4/c31-29(39)30(40-17-18-41-30)26(19-21-5-2-1-3-6-21)34-28(38)24-7-4-13-33-27(24)37-15-12-25(35-37)22-8-10-23(11-9-22)36-16-14-32-20-36/h1-16,20,26H,17-19H2,(H2,31,39)(H,34,38). The first-order valence-electron chi connectivity index (χ1n) is 13.1. The first kappa shape index (κ1) is 26.1. The number of hydrogen-bond acceptors (Lipinski definition) is 7. The molecule has 1 unspecified atom stereocenters. The van der Waals surface area contributed by atoms with Gasteiger partial charge in [0.15, 0.2) is 5.82 Å². The normalized spacial score (nSPS) is 14.9. The molecule has 0 spiro atoms. The fourth-order valence-corrected chi connectivity index (χ4v) is 4.88. The number of imidazole rings is 1. The van der Waals surface area contributed by atoms with Crippen LogP contribution >= 0.6 is 0 Å². The van der Waals surface area contributed by atoms with Crippen LogP contribution in [0.3, 0.4) is 0 Å². The number of benzene rings is 2. The number of nitrogens with zero attached hydrogens (tertiary/aromatic N) is 5. The van der Waals surface area contributed by atoms with Gasteiger partial charge in [-0.2, -0.15) is 5.10 Å². The van der Waals surface area contributed by atoms with Gasteiger partial charge in [-0.25, -0.2) is 14.6 Å². The molecule has 1 atom stereocenters. The van der Waals surface area contributed by atoms with Gasteiger partial charge in [-0.15, -0.1) is 0 Å². The number of primary amides is 1. The molecular weight excluding hydrogens is 522 g/mol. The van der Waals surface area contributed by atoms with Crippen LogP contribution in [0.4, 0.5) is 0 Å². The minimum atomic E-state index is -1.80. The fraction of sp³-hybridized carbons (Fsp3) is 0.167. The largest absolute Gasteiger partial charge is 0.365 e. The van der Waals surface area contributed by atoms with Crippen molar-refractivity contribution in [3.8, 4) is 22.8 Å². The summed E-state index contributed by atoms with van der Waals surface area (Å²) in [7, 11) is 0. The van der Waals surface area contributed by atoms with Crippen LogP contribution in [-0.4, -0.2) is 61.2 Å². The molecule has 11 nitrogen and oxygen atoms in total. The smallest absolute Gasteiger partial charge is 0.280 e. The number of pyridine rings is 1. The number of carbonyl (C=O) groups is 2. The van der Waals surface area contributed by atoms with Gasteiger partial charge in [0, 0.05) is 36.0 Å². The highest BCUT2D eigenvalue weighted by Gasteiger charge is 2.51. The van der Waals surface area contributed by atoms with E-state index in [1.807, 2.05) is 71.4 Å². The molecule has 0 radical (unpaired) electrons. The van der Waals surface area contributed by atoms with E-state index >= 15 is 0 Å². The van der Waals surface area contributed by atoms with Gasteiger partial charge in [0.05, 0.1) is 36.8 Å². The van der Waals surface area contributed by atoms with Gasteiger partial charge >= 0.3 is 0 Å². The Hall–Kier alpha value is -5.13. The van der Waals surface area contributed by atoms with Crippen molar-refractivity contribution in [1.29, 1.82) is 0 Å². The summed E-state index contributed by atoms with van der Waals surface area (Å²) in [5.74, 6) is -2.75. The van der Waals surface area contributed by atoms with E-state index in [-0.39, 0.29) is 25.2 Å². The topological polar surface area (TPSA) is 139 Å². The Balaban J connectivity index is 1.28. The molecule has 0 saturated carbocycles. The highest BCUT2D eigenvalue weighted by atomic mass is 16.7. The highest BCUT2D eigenvalue weighted by Crippen LogP contribution is 2.27. The third kappa shape index (κ3) is 5.23. The molecule has 11 heteroatoms. The molecule has 4 heterocycles. The molecule has 3 N–H and O–H groups in total. The van der Waals surface area contributed by atoms with E-state index in [0.717, 1.165) is 16.8 Å². The summed E-state index contributed by atoms with van der Waals surface area (Å²) in [6, 6.07) is 21.6. The van der Waals surface area contributed by atoms with E-state index < -0.39 is 23.6 Å². The Morgan fingerprint density at radius 2 is 1.73 bits per heavy atom. The molecule has 206 valence electrons. The number of carbonyl (C=O) groups excluding carboxylic acids is 2. The van der Waals surface area contributed by atoms with Crippen LogP contribution in [0.2, 0.25) is 0 Å². The Labute approximate surface area is 235 Å². The Bertz CT molecular complexity index is 1640. The van der Waals surface area contributed by atoms with Crippen LogP contribution < -0.4 is 11.1 Å². The molecule has 41 heavy (non-hydrogen) atoms. The monoisotopic (exact) mass is 549 g/mol. The Kier molecular flexibility index (Phi) is 7.11. The summed E-state index contributed by atoms with van der Waals surface area (Å²) in [6.07, 6.45) is 8.92. The number of aromatic nitrogens is 5. The highest BCUT2D eigenvalue weighted by molar-refractivity contribution is 5.98. The average Bonchev–Trinajstić information content (AvgIpc) is 3.80. The minimum absolute atomic E-state index is 0.182. The first-order valence-corrected chi connectivity index (χ1v) is 13.1. The van der Waals surface area contributed by atoms with Gasteiger partial charge in [-0.3, -0.25) is 9.59 Å². The summed E-state index contributed by atoms with van der Waals surface area (Å²) in [5.41, 5.74) is 9.46. The quantitative estimate of drug-likeness (QED) is 0.288. The maximum Gasteiger partial charge on any atom is 0.280 e. The zero-order valence-electron chi connectivity index (χ0n) is 22.0. The Morgan fingerprint density at radius 3 is 2.44 bits per heavy atom. The number of rotatable bonds is 9. The number of hydrogen-bond donors (Lipinski definition) is 2. The molecule has 0 bridgehead atoms. The average molecular weight is 550 g/mol. The maximum atomic E-state index is 13.7. The third-order valence-corrected chi connectivity index (χ3v) is 6.91. The van der Waals surface area contributed by atoms with E-state index in [1.54, 1.807) is 41.7 Å². The minimum Gasteiger partial charge on any atom is -0.365 e. The van der Waals surface area contributed by atoms with E-state index in [9.17, 15) is 9.59 Å². The van der Waals surface area contributed by atoms with E-state index in [4.69, 9.17) is 15.2 Å². The molecule has 5 aromatic rings. The van der Waals surface area contributed by atoms with Gasteiger partial charge in [-0.05, 0) is 42.3 Å². The number of nitrogens with one attached hydrogen (secondary N) is 1. The summed E-state index contributed by atoms with van der Waals surface area (Å²) in [4.78, 5) is 34.8. The van der Waals surface area contributed by atoms with Crippen molar-refractivity contribution in [3.05, 3.63) is 115 Å². The van der Waals surface area contributed by atoms with E-state index in [1.165, 1.54) is 0 Å². The van der Waals surface area contributed by atoms with Crippen molar-refractivity contribution in [2.45, 2.75) is 18.2 Å². The van der Waals surface area contributed by atoms with Crippen molar-refractivity contribution in [2.24, 2.45) is 5.73 Å². The van der Waals surface area contributed by atoms with Crippen LogP contribution in [0, 0.1) is 0 Å². The molecule has 1 saturated heterocycles. The first-order chi connectivity index (χ1) is 20.0. The summed E-state index contributed by atoms with van der Waals surface area (Å²) in [5, 5.41) is 7.62. The van der Waals surface area contributed by atoms with Crippen molar-refractivity contribution in [3.63, 3.8) is 0 Å². The van der Waals surface area contributed by atoms with E-state index in [0.29, 0.717) is 11.5 Å². The second-order valence-corrected chi connectivity index (χ2v) is 9.48. The molecule has 2 amide bonds.